The van der Waals surface area contributed by atoms with Crippen molar-refractivity contribution >= 4 is 40.2 Å². The summed E-state index contributed by atoms with van der Waals surface area (Å²) in [5.74, 6) is -0.571. The third-order valence-electron chi connectivity index (χ3n) is 4.39. The van der Waals surface area contributed by atoms with Gasteiger partial charge in [-0.25, -0.2) is 0 Å². The van der Waals surface area contributed by atoms with Crippen LogP contribution >= 0.6 is 22.6 Å². The standard InChI is InChI=1S/C16H16INO3/c17-12-5-3-9-1-2-10(15(20)13(9)8-12)7-11-4-6-14(19)18-16(11)21/h3,5,8,10-11H,1-2,4,6-7H2,(H,18,19,21). The molecule has 0 spiro atoms. The molecule has 1 aromatic carbocycles. The molecule has 1 heterocycles. The number of nitrogens with one attached hydrogen (secondary N) is 1. The van der Waals surface area contributed by atoms with Crippen molar-refractivity contribution in [3.8, 4) is 0 Å². The molecule has 1 saturated heterocycles. The molecule has 1 fully saturated rings. The van der Waals surface area contributed by atoms with Gasteiger partial charge in [0.25, 0.3) is 0 Å². The van der Waals surface area contributed by atoms with Gasteiger partial charge in [-0.15, -0.1) is 0 Å². The van der Waals surface area contributed by atoms with Gasteiger partial charge in [0.05, 0.1) is 0 Å². The fraction of sp³-hybridized carbons (Fsp3) is 0.438. The van der Waals surface area contributed by atoms with E-state index in [1.54, 1.807) is 0 Å². The summed E-state index contributed by atoms with van der Waals surface area (Å²) >= 11 is 2.21. The molecule has 0 radical (unpaired) electrons. The predicted molar refractivity (Wildman–Crippen MR) is 85.8 cm³/mol. The number of aryl methyl sites for hydroxylation is 1. The van der Waals surface area contributed by atoms with Crippen molar-refractivity contribution in [1.82, 2.24) is 5.32 Å². The van der Waals surface area contributed by atoms with Crippen molar-refractivity contribution in [1.29, 1.82) is 0 Å². The first-order valence-electron chi connectivity index (χ1n) is 7.21. The molecule has 0 saturated carbocycles. The minimum absolute atomic E-state index is 0.0975. The Morgan fingerprint density at radius 2 is 1.86 bits per heavy atom. The SMILES string of the molecule is O=C1CCC(CC2CCc3ccc(I)cc3C2=O)C(=O)N1. The van der Waals surface area contributed by atoms with Gasteiger partial charge in [-0.05, 0) is 66.0 Å². The van der Waals surface area contributed by atoms with Crippen LogP contribution in [0, 0.1) is 15.4 Å². The number of hydrogen-bond donors (Lipinski definition) is 1. The van der Waals surface area contributed by atoms with Crippen LogP contribution in [0.4, 0.5) is 0 Å². The number of ketones is 1. The molecule has 2 unspecified atom stereocenters. The summed E-state index contributed by atoms with van der Waals surface area (Å²) in [5, 5.41) is 2.37. The number of carbonyl (C=O) groups is 3. The number of benzene rings is 1. The fourth-order valence-electron chi connectivity index (χ4n) is 3.21. The molecular weight excluding hydrogens is 381 g/mol. The molecule has 110 valence electrons. The summed E-state index contributed by atoms with van der Waals surface area (Å²) in [5.41, 5.74) is 1.92. The van der Waals surface area contributed by atoms with Crippen LogP contribution in [-0.2, 0) is 16.0 Å². The summed E-state index contributed by atoms with van der Waals surface area (Å²) < 4.78 is 1.06. The average molecular weight is 397 g/mol. The Labute approximate surface area is 136 Å². The van der Waals surface area contributed by atoms with Gasteiger partial charge >= 0.3 is 0 Å². The van der Waals surface area contributed by atoms with Gasteiger partial charge in [0.1, 0.15) is 0 Å². The van der Waals surface area contributed by atoms with E-state index in [1.165, 1.54) is 0 Å². The number of halogens is 1. The van der Waals surface area contributed by atoms with Gasteiger partial charge < -0.3 is 0 Å². The second kappa shape index (κ2) is 5.87. The number of piperidine rings is 1. The zero-order valence-electron chi connectivity index (χ0n) is 11.5. The van der Waals surface area contributed by atoms with E-state index >= 15 is 0 Å². The molecule has 2 atom stereocenters. The van der Waals surface area contributed by atoms with E-state index in [1.807, 2.05) is 18.2 Å². The number of rotatable bonds is 2. The van der Waals surface area contributed by atoms with Crippen molar-refractivity contribution in [3.63, 3.8) is 0 Å². The van der Waals surface area contributed by atoms with Crippen LogP contribution in [-0.4, -0.2) is 17.6 Å². The fourth-order valence-corrected chi connectivity index (χ4v) is 3.70. The molecule has 5 heteroatoms. The Bertz CT molecular complexity index is 626. The van der Waals surface area contributed by atoms with E-state index in [-0.39, 0.29) is 29.4 Å². The van der Waals surface area contributed by atoms with E-state index < -0.39 is 0 Å². The molecule has 1 aliphatic heterocycles. The third-order valence-corrected chi connectivity index (χ3v) is 5.06. The minimum Gasteiger partial charge on any atom is -0.296 e. The lowest BCUT2D eigenvalue weighted by atomic mass is 9.77. The lowest BCUT2D eigenvalue weighted by molar-refractivity contribution is -0.136. The monoisotopic (exact) mass is 397 g/mol. The molecule has 0 aromatic heterocycles. The summed E-state index contributed by atoms with van der Waals surface area (Å²) in [7, 11) is 0. The van der Waals surface area contributed by atoms with Gasteiger partial charge in [0, 0.05) is 27.4 Å². The molecule has 1 aliphatic carbocycles. The Kier molecular flexibility index (Phi) is 4.10. The van der Waals surface area contributed by atoms with Crippen molar-refractivity contribution in [2.75, 3.05) is 0 Å². The van der Waals surface area contributed by atoms with E-state index in [0.717, 1.165) is 27.5 Å². The first kappa shape index (κ1) is 14.7. The maximum Gasteiger partial charge on any atom is 0.229 e. The molecule has 3 rings (SSSR count). The topological polar surface area (TPSA) is 63.2 Å². The highest BCUT2D eigenvalue weighted by atomic mass is 127. The van der Waals surface area contributed by atoms with E-state index in [9.17, 15) is 14.4 Å². The molecule has 2 aliphatic rings. The maximum atomic E-state index is 12.6. The predicted octanol–water partition coefficient (Wildman–Crippen LogP) is 2.48. The van der Waals surface area contributed by atoms with E-state index in [0.29, 0.717) is 19.3 Å². The lowest BCUT2D eigenvalue weighted by Crippen LogP contribution is -2.42. The molecule has 1 N–H and O–H groups in total. The van der Waals surface area contributed by atoms with Gasteiger partial charge in [0.2, 0.25) is 11.8 Å². The van der Waals surface area contributed by atoms with Crippen LogP contribution < -0.4 is 5.32 Å². The Morgan fingerprint density at radius 1 is 1.10 bits per heavy atom. The first-order valence-corrected chi connectivity index (χ1v) is 8.29. The lowest BCUT2D eigenvalue weighted by Gasteiger charge is -2.28. The van der Waals surface area contributed by atoms with Gasteiger partial charge in [0.15, 0.2) is 5.78 Å². The number of fused-ring (bicyclic) bond motifs is 1. The molecule has 0 bridgehead atoms. The first-order chi connectivity index (χ1) is 10.0. The van der Waals surface area contributed by atoms with Crippen molar-refractivity contribution in [2.24, 2.45) is 11.8 Å². The van der Waals surface area contributed by atoms with Crippen molar-refractivity contribution in [2.45, 2.75) is 32.1 Å². The average Bonchev–Trinajstić information content (AvgIpc) is 2.45. The Morgan fingerprint density at radius 3 is 2.62 bits per heavy atom. The van der Waals surface area contributed by atoms with Crippen molar-refractivity contribution < 1.29 is 14.4 Å². The Balaban J connectivity index is 1.75. The number of hydrogen-bond acceptors (Lipinski definition) is 3. The van der Waals surface area contributed by atoms with E-state index in [2.05, 4.69) is 27.9 Å². The molecular formula is C16H16INO3. The molecule has 1 aromatic rings. The zero-order valence-corrected chi connectivity index (χ0v) is 13.7. The summed E-state index contributed by atoms with van der Waals surface area (Å²) in [6, 6.07) is 5.99. The Hall–Kier alpha value is -1.24. The van der Waals surface area contributed by atoms with Crippen LogP contribution in [0.3, 0.4) is 0 Å². The number of carbonyl (C=O) groups excluding carboxylic acids is 3. The molecule has 4 nitrogen and oxygen atoms in total. The van der Waals surface area contributed by atoms with Crippen LogP contribution in [0.15, 0.2) is 18.2 Å². The second-order valence-corrected chi connectivity index (χ2v) is 7.03. The van der Waals surface area contributed by atoms with Crippen LogP contribution in [0.25, 0.3) is 0 Å². The summed E-state index contributed by atoms with van der Waals surface area (Å²) in [4.78, 5) is 35.6. The normalized spacial score (nSPS) is 25.5. The van der Waals surface area contributed by atoms with Gasteiger partial charge in [-0.1, -0.05) is 6.07 Å². The summed E-state index contributed by atoms with van der Waals surface area (Å²) in [6.45, 7) is 0. The largest absolute Gasteiger partial charge is 0.296 e. The highest BCUT2D eigenvalue weighted by Crippen LogP contribution is 2.32. The quantitative estimate of drug-likeness (QED) is 0.616. The minimum atomic E-state index is -0.215. The zero-order chi connectivity index (χ0) is 15.0. The van der Waals surface area contributed by atoms with Crippen LogP contribution in [0.1, 0.15) is 41.6 Å². The highest BCUT2D eigenvalue weighted by molar-refractivity contribution is 14.1. The third kappa shape index (κ3) is 3.02. The van der Waals surface area contributed by atoms with Gasteiger partial charge in [-0.3, -0.25) is 19.7 Å². The number of Topliss-reactive ketones (excluding diaryl/α,β-unsaturated/α-hetero) is 1. The smallest absolute Gasteiger partial charge is 0.229 e. The van der Waals surface area contributed by atoms with Gasteiger partial charge in [-0.2, -0.15) is 0 Å². The summed E-state index contributed by atoms with van der Waals surface area (Å²) in [6.07, 6.45) is 3.18. The molecule has 2 amide bonds. The second-order valence-electron chi connectivity index (χ2n) is 5.79. The van der Waals surface area contributed by atoms with Crippen LogP contribution in [0.5, 0.6) is 0 Å². The van der Waals surface area contributed by atoms with E-state index in [4.69, 9.17) is 0 Å². The highest BCUT2D eigenvalue weighted by Gasteiger charge is 2.34. The maximum absolute atomic E-state index is 12.6. The number of imide groups is 1. The number of amides is 2. The molecule has 21 heavy (non-hydrogen) atoms. The van der Waals surface area contributed by atoms with Crippen molar-refractivity contribution in [3.05, 3.63) is 32.9 Å². The van der Waals surface area contributed by atoms with Crippen LogP contribution in [0.2, 0.25) is 0 Å².